The quantitative estimate of drug-likeness (QED) is 0.587. The number of H-pyrrole nitrogens is 1. The van der Waals surface area contributed by atoms with Gasteiger partial charge in [0.05, 0.1) is 5.56 Å². The Morgan fingerprint density at radius 1 is 1.32 bits per heavy atom. The number of nitrogens with zero attached hydrogens (tertiary/aromatic N) is 1. The van der Waals surface area contributed by atoms with Crippen molar-refractivity contribution in [2.75, 3.05) is 0 Å². The van der Waals surface area contributed by atoms with Crippen LogP contribution in [0.4, 0.5) is 0 Å². The lowest BCUT2D eigenvalue weighted by Gasteiger charge is -2.10. The van der Waals surface area contributed by atoms with E-state index in [4.69, 9.17) is 5.11 Å². The number of nitrogens with one attached hydrogen (secondary N) is 2. The number of rotatable bonds is 6. The third kappa shape index (κ3) is 3.29. The van der Waals surface area contributed by atoms with Gasteiger partial charge in [-0.3, -0.25) is 9.59 Å². The Labute approximate surface area is 146 Å². The molecule has 3 rings (SSSR count). The Kier molecular flexibility index (Phi) is 4.62. The van der Waals surface area contributed by atoms with Crippen molar-refractivity contribution in [3.63, 3.8) is 0 Å². The highest BCUT2D eigenvalue weighted by atomic mass is 32.1. The minimum absolute atomic E-state index is 0.0351. The summed E-state index contributed by atoms with van der Waals surface area (Å²) in [5, 5.41) is 13.8. The van der Waals surface area contributed by atoms with Gasteiger partial charge >= 0.3 is 5.97 Å². The van der Waals surface area contributed by atoms with Crippen LogP contribution >= 0.6 is 11.3 Å². The van der Waals surface area contributed by atoms with Crippen molar-refractivity contribution in [3.8, 4) is 0 Å². The summed E-state index contributed by atoms with van der Waals surface area (Å²) in [6.45, 7) is 1.66. The standard InChI is InChI=1S/C17H15N3O4S/c1-2-11(17(23)24)19-15(22)13-8-25-16(20-13)14(21)10-7-18-12-6-4-3-5-9(10)12/h3-8,11,18H,2H2,1H3,(H,19,22)(H,23,24). The Morgan fingerprint density at radius 2 is 2.08 bits per heavy atom. The van der Waals surface area contributed by atoms with E-state index in [9.17, 15) is 14.4 Å². The molecule has 1 amide bonds. The normalized spacial score (nSPS) is 12.0. The van der Waals surface area contributed by atoms with Gasteiger partial charge in [-0.25, -0.2) is 9.78 Å². The van der Waals surface area contributed by atoms with E-state index in [1.807, 2.05) is 24.3 Å². The van der Waals surface area contributed by atoms with Gasteiger partial charge in [0.2, 0.25) is 5.78 Å². The zero-order valence-corrected chi connectivity index (χ0v) is 14.1. The zero-order valence-electron chi connectivity index (χ0n) is 13.3. The number of ketones is 1. The number of amides is 1. The molecule has 0 aliphatic carbocycles. The monoisotopic (exact) mass is 357 g/mol. The van der Waals surface area contributed by atoms with Gasteiger partial charge in [0.25, 0.3) is 5.91 Å². The average Bonchev–Trinajstić information content (AvgIpc) is 3.25. The number of carbonyl (C=O) groups excluding carboxylic acids is 2. The fourth-order valence-electron chi connectivity index (χ4n) is 2.43. The molecule has 0 bridgehead atoms. The number of thiazole rings is 1. The number of carbonyl (C=O) groups is 3. The fraction of sp³-hybridized carbons (Fsp3) is 0.176. The molecule has 7 nitrogen and oxygen atoms in total. The Morgan fingerprint density at radius 3 is 2.80 bits per heavy atom. The Hall–Kier alpha value is -3.00. The molecule has 1 atom stereocenters. The number of carboxylic acid groups (broad SMARTS) is 1. The van der Waals surface area contributed by atoms with Crippen molar-refractivity contribution in [2.24, 2.45) is 0 Å². The maximum Gasteiger partial charge on any atom is 0.326 e. The van der Waals surface area contributed by atoms with E-state index in [1.165, 1.54) is 5.38 Å². The van der Waals surface area contributed by atoms with Crippen LogP contribution in [-0.2, 0) is 4.79 Å². The molecule has 8 heteroatoms. The maximum atomic E-state index is 12.6. The largest absolute Gasteiger partial charge is 0.480 e. The summed E-state index contributed by atoms with van der Waals surface area (Å²) in [7, 11) is 0. The number of hydrogen-bond acceptors (Lipinski definition) is 5. The van der Waals surface area contributed by atoms with Crippen molar-refractivity contribution >= 4 is 39.9 Å². The summed E-state index contributed by atoms with van der Waals surface area (Å²) in [6.07, 6.45) is 1.87. The van der Waals surface area contributed by atoms with E-state index >= 15 is 0 Å². The number of hydrogen-bond donors (Lipinski definition) is 3. The van der Waals surface area contributed by atoms with Gasteiger partial charge < -0.3 is 15.4 Å². The van der Waals surface area contributed by atoms with Crippen LogP contribution in [0.15, 0.2) is 35.8 Å². The lowest BCUT2D eigenvalue weighted by Crippen LogP contribution is -2.40. The molecule has 0 radical (unpaired) electrons. The first-order valence-electron chi connectivity index (χ1n) is 7.61. The van der Waals surface area contributed by atoms with E-state index in [0.717, 1.165) is 22.2 Å². The molecule has 3 N–H and O–H groups in total. The molecule has 2 heterocycles. The van der Waals surface area contributed by atoms with Crippen LogP contribution in [0.25, 0.3) is 10.9 Å². The van der Waals surface area contributed by atoms with Gasteiger partial charge in [-0.05, 0) is 12.5 Å². The van der Waals surface area contributed by atoms with Crippen molar-refractivity contribution in [3.05, 3.63) is 52.1 Å². The van der Waals surface area contributed by atoms with Crippen LogP contribution in [0.2, 0.25) is 0 Å². The van der Waals surface area contributed by atoms with Gasteiger partial charge in [-0.1, -0.05) is 25.1 Å². The summed E-state index contributed by atoms with van der Waals surface area (Å²) in [4.78, 5) is 42.8. The molecular weight excluding hydrogens is 342 g/mol. The summed E-state index contributed by atoms with van der Waals surface area (Å²) >= 11 is 1.05. The van der Waals surface area contributed by atoms with Gasteiger partial charge in [-0.15, -0.1) is 11.3 Å². The predicted molar refractivity (Wildman–Crippen MR) is 93.0 cm³/mol. The molecule has 0 aliphatic heterocycles. The SMILES string of the molecule is CCC(NC(=O)c1csc(C(=O)c2c[nH]c3ccccc23)n1)C(=O)O. The van der Waals surface area contributed by atoms with E-state index in [1.54, 1.807) is 13.1 Å². The number of fused-ring (bicyclic) bond motifs is 1. The molecule has 0 aliphatic rings. The minimum atomic E-state index is -1.11. The van der Waals surface area contributed by atoms with Crippen molar-refractivity contribution in [1.29, 1.82) is 0 Å². The van der Waals surface area contributed by atoms with Crippen LogP contribution < -0.4 is 5.32 Å². The Bertz CT molecular complexity index is 960. The van der Waals surface area contributed by atoms with E-state index in [-0.39, 0.29) is 22.9 Å². The van der Waals surface area contributed by atoms with Crippen LogP contribution in [0.3, 0.4) is 0 Å². The molecule has 1 aromatic carbocycles. The fourth-order valence-corrected chi connectivity index (χ4v) is 3.18. The summed E-state index contributed by atoms with van der Waals surface area (Å²) < 4.78 is 0. The molecular formula is C17H15N3O4S. The first kappa shape index (κ1) is 16.8. The molecule has 3 aromatic rings. The summed E-state index contributed by atoms with van der Waals surface area (Å²) in [5.74, 6) is -2.00. The zero-order chi connectivity index (χ0) is 18.0. The van der Waals surface area contributed by atoms with Gasteiger partial charge in [0.1, 0.15) is 11.7 Å². The second-order valence-electron chi connectivity index (χ2n) is 5.39. The van der Waals surface area contributed by atoms with Crippen LogP contribution in [0.1, 0.15) is 39.2 Å². The Balaban J connectivity index is 1.82. The van der Waals surface area contributed by atoms with Crippen LogP contribution in [0, 0.1) is 0 Å². The second kappa shape index (κ2) is 6.86. The van der Waals surface area contributed by atoms with Crippen LogP contribution in [0.5, 0.6) is 0 Å². The molecule has 0 spiro atoms. The predicted octanol–water partition coefficient (Wildman–Crippen LogP) is 2.45. The average molecular weight is 357 g/mol. The molecule has 0 saturated carbocycles. The van der Waals surface area contributed by atoms with E-state index in [0.29, 0.717) is 5.56 Å². The molecule has 0 saturated heterocycles. The van der Waals surface area contributed by atoms with Gasteiger partial charge in [0.15, 0.2) is 5.01 Å². The smallest absolute Gasteiger partial charge is 0.326 e. The summed E-state index contributed by atoms with van der Waals surface area (Å²) in [6, 6.07) is 6.42. The maximum absolute atomic E-state index is 12.6. The highest BCUT2D eigenvalue weighted by Gasteiger charge is 2.22. The lowest BCUT2D eigenvalue weighted by molar-refractivity contribution is -0.139. The third-order valence-electron chi connectivity index (χ3n) is 3.78. The van der Waals surface area contributed by atoms with Gasteiger partial charge in [-0.2, -0.15) is 0 Å². The topological polar surface area (TPSA) is 112 Å². The molecule has 0 fully saturated rings. The highest BCUT2D eigenvalue weighted by molar-refractivity contribution is 7.12. The number of aromatic nitrogens is 2. The second-order valence-corrected chi connectivity index (χ2v) is 6.25. The molecule has 1 unspecified atom stereocenters. The number of carboxylic acids is 1. The third-order valence-corrected chi connectivity index (χ3v) is 4.62. The molecule has 128 valence electrons. The summed E-state index contributed by atoms with van der Waals surface area (Å²) in [5.41, 5.74) is 1.36. The first-order chi connectivity index (χ1) is 12.0. The van der Waals surface area contributed by atoms with Crippen molar-refractivity contribution in [2.45, 2.75) is 19.4 Å². The number of para-hydroxylation sites is 1. The lowest BCUT2D eigenvalue weighted by atomic mass is 10.1. The van der Waals surface area contributed by atoms with Crippen molar-refractivity contribution < 1.29 is 19.5 Å². The van der Waals surface area contributed by atoms with Gasteiger partial charge in [0, 0.05) is 22.5 Å². The van der Waals surface area contributed by atoms with Crippen LogP contribution in [-0.4, -0.2) is 38.8 Å². The number of benzene rings is 1. The van der Waals surface area contributed by atoms with E-state index in [2.05, 4.69) is 15.3 Å². The molecule has 2 aromatic heterocycles. The highest BCUT2D eigenvalue weighted by Crippen LogP contribution is 2.22. The number of aliphatic carboxylic acids is 1. The molecule has 25 heavy (non-hydrogen) atoms. The number of aromatic amines is 1. The first-order valence-corrected chi connectivity index (χ1v) is 8.49. The minimum Gasteiger partial charge on any atom is -0.480 e. The van der Waals surface area contributed by atoms with E-state index < -0.39 is 17.9 Å². The van der Waals surface area contributed by atoms with Crippen molar-refractivity contribution in [1.82, 2.24) is 15.3 Å².